The van der Waals surface area contributed by atoms with Crippen LogP contribution in [-0.4, -0.2) is 35.6 Å². The fourth-order valence-electron chi connectivity index (χ4n) is 1.86. The third-order valence-corrected chi connectivity index (χ3v) is 2.58. The molecule has 0 amide bonds. The van der Waals surface area contributed by atoms with Crippen molar-refractivity contribution in [2.75, 3.05) is 24.5 Å². The van der Waals surface area contributed by atoms with E-state index in [0.29, 0.717) is 18.9 Å². The number of aromatic nitrogens is 2. The van der Waals surface area contributed by atoms with Gasteiger partial charge in [0.2, 0.25) is 0 Å². The van der Waals surface area contributed by atoms with Crippen molar-refractivity contribution in [1.82, 2.24) is 15.3 Å². The lowest BCUT2D eigenvalue weighted by Crippen LogP contribution is -2.49. The summed E-state index contributed by atoms with van der Waals surface area (Å²) in [6.45, 7) is 4.16. The molecule has 1 aromatic rings. The molecule has 0 bridgehead atoms. The monoisotopic (exact) mass is 228 g/mol. The van der Waals surface area contributed by atoms with Gasteiger partial charge in [-0.1, -0.05) is 0 Å². The quantitative estimate of drug-likeness (QED) is 0.826. The van der Waals surface area contributed by atoms with E-state index in [0.717, 1.165) is 6.54 Å². The maximum atomic E-state index is 12.7. The molecule has 1 aliphatic rings. The van der Waals surface area contributed by atoms with Crippen molar-refractivity contribution in [2.45, 2.75) is 19.4 Å². The van der Waals surface area contributed by atoms with Gasteiger partial charge in [-0.2, -0.15) is 0 Å². The second-order valence-electron chi connectivity index (χ2n) is 3.87. The zero-order valence-corrected chi connectivity index (χ0v) is 9.03. The van der Waals surface area contributed by atoms with E-state index in [9.17, 15) is 8.78 Å². The number of alkyl halides is 2. The number of halogens is 2. The van der Waals surface area contributed by atoms with Crippen molar-refractivity contribution in [3.8, 4) is 0 Å². The number of piperazine rings is 1. The minimum absolute atomic E-state index is 0.225. The molecule has 0 radical (unpaired) electrons. The van der Waals surface area contributed by atoms with E-state index in [-0.39, 0.29) is 11.7 Å². The van der Waals surface area contributed by atoms with E-state index in [1.807, 2.05) is 11.8 Å². The molecular weight excluding hydrogens is 214 g/mol. The van der Waals surface area contributed by atoms with Gasteiger partial charge in [0.15, 0.2) is 5.82 Å². The highest BCUT2D eigenvalue weighted by molar-refractivity contribution is 5.44. The molecule has 6 heteroatoms. The molecule has 4 nitrogen and oxygen atoms in total. The van der Waals surface area contributed by atoms with Crippen LogP contribution in [0.1, 0.15) is 19.0 Å². The summed E-state index contributed by atoms with van der Waals surface area (Å²) in [5.41, 5.74) is -0.225. The van der Waals surface area contributed by atoms with E-state index in [2.05, 4.69) is 15.3 Å². The first-order valence-electron chi connectivity index (χ1n) is 5.26. The maximum Gasteiger partial charge on any atom is 0.284 e. The molecule has 2 rings (SSSR count). The number of hydrogen-bond donors (Lipinski definition) is 1. The van der Waals surface area contributed by atoms with Gasteiger partial charge in [-0.3, -0.25) is 0 Å². The van der Waals surface area contributed by atoms with Crippen LogP contribution in [0.15, 0.2) is 12.4 Å². The van der Waals surface area contributed by atoms with Crippen LogP contribution in [0, 0.1) is 0 Å². The second kappa shape index (κ2) is 4.69. The van der Waals surface area contributed by atoms with Crippen molar-refractivity contribution < 1.29 is 8.78 Å². The third kappa shape index (κ3) is 2.27. The highest BCUT2D eigenvalue weighted by Gasteiger charge is 2.23. The molecule has 0 aliphatic carbocycles. The molecule has 0 aromatic carbocycles. The van der Waals surface area contributed by atoms with Gasteiger partial charge >= 0.3 is 0 Å². The molecule has 0 spiro atoms. The number of rotatable bonds is 2. The Hall–Kier alpha value is -1.30. The predicted octanol–water partition coefficient (Wildman–Crippen LogP) is 1.21. The SMILES string of the molecule is C[C@H]1CN(c2nccnc2C(F)F)CCN1. The maximum absolute atomic E-state index is 12.7. The van der Waals surface area contributed by atoms with Gasteiger partial charge in [0, 0.05) is 38.1 Å². The molecule has 1 fully saturated rings. The predicted molar refractivity (Wildman–Crippen MR) is 56.7 cm³/mol. The van der Waals surface area contributed by atoms with Crippen LogP contribution in [0.3, 0.4) is 0 Å². The zero-order chi connectivity index (χ0) is 11.5. The van der Waals surface area contributed by atoms with Gasteiger partial charge in [-0.15, -0.1) is 0 Å². The molecule has 1 N–H and O–H groups in total. The van der Waals surface area contributed by atoms with Crippen molar-refractivity contribution in [3.05, 3.63) is 18.1 Å². The summed E-state index contributed by atoms with van der Waals surface area (Å²) >= 11 is 0. The number of nitrogens with one attached hydrogen (secondary N) is 1. The van der Waals surface area contributed by atoms with Gasteiger partial charge in [-0.05, 0) is 6.92 Å². The van der Waals surface area contributed by atoms with Crippen LogP contribution < -0.4 is 10.2 Å². The Bertz CT molecular complexity index is 358. The summed E-state index contributed by atoms with van der Waals surface area (Å²) in [6, 6.07) is 0.279. The lowest BCUT2D eigenvalue weighted by Gasteiger charge is -2.33. The van der Waals surface area contributed by atoms with Crippen LogP contribution in [-0.2, 0) is 0 Å². The first-order chi connectivity index (χ1) is 7.68. The minimum Gasteiger partial charge on any atom is -0.352 e. The van der Waals surface area contributed by atoms with E-state index < -0.39 is 6.43 Å². The molecule has 1 aliphatic heterocycles. The van der Waals surface area contributed by atoms with Crippen LogP contribution in [0.4, 0.5) is 14.6 Å². The molecular formula is C10H14F2N4. The zero-order valence-electron chi connectivity index (χ0n) is 9.03. The Morgan fingerprint density at radius 2 is 2.19 bits per heavy atom. The fraction of sp³-hybridized carbons (Fsp3) is 0.600. The molecule has 16 heavy (non-hydrogen) atoms. The summed E-state index contributed by atoms with van der Waals surface area (Å²) in [7, 11) is 0. The molecule has 0 unspecified atom stereocenters. The molecule has 0 saturated carbocycles. The molecule has 88 valence electrons. The van der Waals surface area contributed by atoms with Crippen molar-refractivity contribution in [3.63, 3.8) is 0 Å². The number of anilines is 1. The Morgan fingerprint density at radius 3 is 2.88 bits per heavy atom. The normalized spacial score (nSPS) is 21.5. The standard InChI is InChI=1S/C10H14F2N4/c1-7-6-16(5-4-13-7)10-8(9(11)12)14-2-3-15-10/h2-3,7,9,13H,4-6H2,1H3/t7-/m0/s1. The highest BCUT2D eigenvalue weighted by atomic mass is 19.3. The van der Waals surface area contributed by atoms with Crippen molar-refractivity contribution >= 4 is 5.82 Å². The first kappa shape index (κ1) is 11.2. The third-order valence-electron chi connectivity index (χ3n) is 2.58. The number of nitrogens with zero attached hydrogens (tertiary/aromatic N) is 3. The van der Waals surface area contributed by atoms with Gasteiger partial charge in [0.05, 0.1) is 0 Å². The lowest BCUT2D eigenvalue weighted by molar-refractivity contribution is 0.146. The minimum atomic E-state index is -2.58. The van der Waals surface area contributed by atoms with Crippen LogP contribution >= 0.6 is 0 Å². The Balaban J connectivity index is 2.25. The smallest absolute Gasteiger partial charge is 0.284 e. The summed E-state index contributed by atoms with van der Waals surface area (Å²) in [5.74, 6) is 0.311. The number of hydrogen-bond acceptors (Lipinski definition) is 4. The largest absolute Gasteiger partial charge is 0.352 e. The Morgan fingerprint density at radius 1 is 1.44 bits per heavy atom. The van der Waals surface area contributed by atoms with E-state index in [4.69, 9.17) is 0 Å². The Kier molecular flexibility index (Phi) is 3.28. The lowest BCUT2D eigenvalue weighted by atomic mass is 10.2. The first-order valence-corrected chi connectivity index (χ1v) is 5.26. The van der Waals surface area contributed by atoms with E-state index in [1.165, 1.54) is 12.4 Å². The van der Waals surface area contributed by atoms with Gasteiger partial charge in [0.1, 0.15) is 5.69 Å². The van der Waals surface area contributed by atoms with Crippen LogP contribution in [0.2, 0.25) is 0 Å². The molecule has 1 saturated heterocycles. The van der Waals surface area contributed by atoms with Crippen LogP contribution in [0.25, 0.3) is 0 Å². The van der Waals surface area contributed by atoms with E-state index >= 15 is 0 Å². The molecule has 2 heterocycles. The summed E-state index contributed by atoms with van der Waals surface area (Å²) in [5, 5.41) is 3.25. The van der Waals surface area contributed by atoms with Crippen LogP contribution in [0.5, 0.6) is 0 Å². The van der Waals surface area contributed by atoms with Gasteiger partial charge in [0.25, 0.3) is 6.43 Å². The van der Waals surface area contributed by atoms with Gasteiger partial charge in [-0.25, -0.2) is 18.7 Å². The molecule has 1 atom stereocenters. The summed E-state index contributed by atoms with van der Waals surface area (Å²) in [4.78, 5) is 9.57. The van der Waals surface area contributed by atoms with E-state index in [1.54, 1.807) is 0 Å². The summed E-state index contributed by atoms with van der Waals surface area (Å²) < 4.78 is 25.5. The highest BCUT2D eigenvalue weighted by Crippen LogP contribution is 2.25. The summed E-state index contributed by atoms with van der Waals surface area (Å²) in [6.07, 6.45) is 0.179. The molecule has 1 aromatic heterocycles. The Labute approximate surface area is 92.7 Å². The second-order valence-corrected chi connectivity index (χ2v) is 3.87. The fourth-order valence-corrected chi connectivity index (χ4v) is 1.86. The average molecular weight is 228 g/mol. The van der Waals surface area contributed by atoms with Gasteiger partial charge < -0.3 is 10.2 Å². The topological polar surface area (TPSA) is 41.1 Å². The van der Waals surface area contributed by atoms with Crippen molar-refractivity contribution in [1.29, 1.82) is 0 Å². The van der Waals surface area contributed by atoms with Crippen molar-refractivity contribution in [2.24, 2.45) is 0 Å². The average Bonchev–Trinajstić information content (AvgIpc) is 2.29.